The van der Waals surface area contributed by atoms with E-state index >= 15 is 0 Å². The fourth-order valence-electron chi connectivity index (χ4n) is 1.92. The first-order valence-corrected chi connectivity index (χ1v) is 5.75. The van der Waals surface area contributed by atoms with Crippen LogP contribution in [-0.2, 0) is 0 Å². The molecule has 1 heterocycles. The molecule has 0 bridgehead atoms. The lowest BCUT2D eigenvalue weighted by atomic mass is 9.43. The summed E-state index contributed by atoms with van der Waals surface area (Å²) < 4.78 is 0. The first-order chi connectivity index (χ1) is 6.38. The highest BCUT2D eigenvalue weighted by molar-refractivity contribution is 6.72. The molecule has 0 nitrogen and oxygen atoms in total. The van der Waals surface area contributed by atoms with E-state index in [4.69, 9.17) is 0 Å². The standard InChI is InChI=1S/C12H21B/c1-3-5-8-12-9-7-11-13(12)10-6-4-2/h7,9,11H,3-6,8,10H2,1-2H3. The van der Waals surface area contributed by atoms with Crippen LogP contribution in [0.5, 0.6) is 0 Å². The Morgan fingerprint density at radius 3 is 2.62 bits per heavy atom. The summed E-state index contributed by atoms with van der Waals surface area (Å²) in [4.78, 5) is 0. The fraction of sp³-hybridized carbons (Fsp3) is 0.667. The van der Waals surface area contributed by atoms with Crippen LogP contribution < -0.4 is 0 Å². The van der Waals surface area contributed by atoms with Gasteiger partial charge in [0.1, 0.15) is 0 Å². The van der Waals surface area contributed by atoms with Gasteiger partial charge in [-0.2, -0.15) is 0 Å². The van der Waals surface area contributed by atoms with Crippen LogP contribution in [0.15, 0.2) is 23.6 Å². The van der Waals surface area contributed by atoms with Gasteiger partial charge in [-0.15, -0.1) is 5.98 Å². The van der Waals surface area contributed by atoms with Crippen molar-refractivity contribution in [2.75, 3.05) is 0 Å². The number of rotatable bonds is 6. The first-order valence-electron chi connectivity index (χ1n) is 5.75. The zero-order chi connectivity index (χ0) is 9.52. The molecule has 0 aliphatic carbocycles. The summed E-state index contributed by atoms with van der Waals surface area (Å²) in [5.74, 6) is 2.38. The predicted molar refractivity (Wildman–Crippen MR) is 62.2 cm³/mol. The molecule has 0 saturated heterocycles. The largest absolute Gasteiger partial charge is 0.195 e. The maximum Gasteiger partial charge on any atom is 0.195 e. The molecular formula is C12H21B. The van der Waals surface area contributed by atoms with Gasteiger partial charge in [-0.05, 0) is 6.42 Å². The molecule has 0 N–H and O–H groups in total. The van der Waals surface area contributed by atoms with E-state index in [1.807, 2.05) is 0 Å². The van der Waals surface area contributed by atoms with E-state index in [1.54, 1.807) is 5.47 Å². The van der Waals surface area contributed by atoms with Crippen molar-refractivity contribution in [3.05, 3.63) is 23.6 Å². The smallest absolute Gasteiger partial charge is 0.110 e. The van der Waals surface area contributed by atoms with E-state index < -0.39 is 0 Å². The highest BCUT2D eigenvalue weighted by atomic mass is 14.0. The van der Waals surface area contributed by atoms with Crippen LogP contribution in [0, 0.1) is 0 Å². The van der Waals surface area contributed by atoms with E-state index in [0.29, 0.717) is 0 Å². The van der Waals surface area contributed by atoms with Gasteiger partial charge in [0, 0.05) is 0 Å². The molecule has 0 unspecified atom stereocenters. The Morgan fingerprint density at radius 1 is 1.15 bits per heavy atom. The minimum atomic E-state index is 0.784. The van der Waals surface area contributed by atoms with Crippen LogP contribution in [0.2, 0.25) is 6.32 Å². The third-order valence-electron chi connectivity index (χ3n) is 2.82. The predicted octanol–water partition coefficient (Wildman–Crippen LogP) is 4.05. The Hall–Kier alpha value is -0.455. The van der Waals surface area contributed by atoms with E-state index in [1.165, 1.54) is 38.4 Å². The van der Waals surface area contributed by atoms with Crippen LogP contribution in [-0.4, -0.2) is 6.71 Å². The van der Waals surface area contributed by atoms with Gasteiger partial charge in [-0.1, -0.05) is 63.5 Å². The molecule has 0 fully saturated rings. The van der Waals surface area contributed by atoms with Crippen molar-refractivity contribution in [3.8, 4) is 0 Å². The number of hydrogen-bond donors (Lipinski definition) is 0. The molecule has 0 radical (unpaired) electrons. The molecule has 0 saturated carbocycles. The fourth-order valence-corrected chi connectivity index (χ4v) is 1.92. The number of hydrogen-bond acceptors (Lipinski definition) is 0. The van der Waals surface area contributed by atoms with E-state index in [0.717, 1.165) is 6.71 Å². The second-order valence-electron chi connectivity index (χ2n) is 3.98. The normalized spacial score (nSPS) is 15.2. The SMILES string of the molecule is CCCCB1C=CC=C1CCCC. The third kappa shape index (κ3) is 3.42. The first kappa shape index (κ1) is 10.6. The van der Waals surface area contributed by atoms with Crippen molar-refractivity contribution in [2.24, 2.45) is 0 Å². The zero-order valence-electron chi connectivity index (χ0n) is 9.05. The second kappa shape index (κ2) is 6.07. The summed E-state index contributed by atoms with van der Waals surface area (Å²) in [6, 6.07) is 0. The lowest BCUT2D eigenvalue weighted by molar-refractivity contribution is 0.802. The van der Waals surface area contributed by atoms with Gasteiger partial charge >= 0.3 is 0 Å². The minimum absolute atomic E-state index is 0.784. The Morgan fingerprint density at radius 2 is 1.92 bits per heavy atom. The van der Waals surface area contributed by atoms with Crippen LogP contribution >= 0.6 is 0 Å². The topological polar surface area (TPSA) is 0 Å². The molecule has 13 heavy (non-hydrogen) atoms. The van der Waals surface area contributed by atoms with Gasteiger partial charge in [0.05, 0.1) is 0 Å². The van der Waals surface area contributed by atoms with E-state index in [-0.39, 0.29) is 0 Å². The van der Waals surface area contributed by atoms with Gasteiger partial charge in [-0.3, -0.25) is 0 Å². The average Bonchev–Trinajstić information content (AvgIpc) is 2.59. The highest BCUT2D eigenvalue weighted by Gasteiger charge is 2.17. The quantitative estimate of drug-likeness (QED) is 0.535. The van der Waals surface area contributed by atoms with E-state index in [9.17, 15) is 0 Å². The van der Waals surface area contributed by atoms with Gasteiger partial charge in [-0.25, -0.2) is 0 Å². The summed E-state index contributed by atoms with van der Waals surface area (Å²) in [7, 11) is 0. The summed E-state index contributed by atoms with van der Waals surface area (Å²) in [5.41, 5.74) is 1.68. The summed E-state index contributed by atoms with van der Waals surface area (Å²) >= 11 is 0. The van der Waals surface area contributed by atoms with Gasteiger partial charge in [0.25, 0.3) is 0 Å². The second-order valence-corrected chi connectivity index (χ2v) is 3.98. The van der Waals surface area contributed by atoms with Gasteiger partial charge in [0.15, 0.2) is 6.71 Å². The number of unbranched alkanes of at least 4 members (excludes halogenated alkanes) is 2. The lowest BCUT2D eigenvalue weighted by Crippen LogP contribution is -2.10. The van der Waals surface area contributed by atoms with Crippen molar-refractivity contribution in [3.63, 3.8) is 0 Å². The molecule has 1 aliphatic rings. The molecule has 0 aromatic rings. The molecule has 72 valence electrons. The maximum atomic E-state index is 2.38. The van der Waals surface area contributed by atoms with Crippen molar-refractivity contribution < 1.29 is 0 Å². The molecule has 0 aromatic carbocycles. The molecule has 0 atom stereocenters. The van der Waals surface area contributed by atoms with Crippen molar-refractivity contribution in [1.29, 1.82) is 0 Å². The Kier molecular flexibility index (Phi) is 4.96. The van der Waals surface area contributed by atoms with Crippen LogP contribution in [0.1, 0.15) is 46.0 Å². The Balaban J connectivity index is 2.28. The van der Waals surface area contributed by atoms with Gasteiger partial charge < -0.3 is 0 Å². The van der Waals surface area contributed by atoms with Crippen LogP contribution in [0.3, 0.4) is 0 Å². The molecule has 1 rings (SSSR count). The minimum Gasteiger partial charge on any atom is -0.110 e. The zero-order valence-corrected chi connectivity index (χ0v) is 9.05. The summed E-state index contributed by atoms with van der Waals surface area (Å²) in [5, 5.41) is 0. The monoisotopic (exact) mass is 176 g/mol. The maximum absolute atomic E-state index is 2.38. The van der Waals surface area contributed by atoms with Crippen molar-refractivity contribution in [1.82, 2.24) is 0 Å². The third-order valence-corrected chi connectivity index (χ3v) is 2.82. The van der Waals surface area contributed by atoms with Crippen molar-refractivity contribution in [2.45, 2.75) is 52.3 Å². The molecular weight excluding hydrogens is 155 g/mol. The molecule has 1 aliphatic heterocycles. The molecule has 0 aromatic heterocycles. The average molecular weight is 176 g/mol. The van der Waals surface area contributed by atoms with Crippen molar-refractivity contribution >= 4 is 6.71 Å². The highest BCUT2D eigenvalue weighted by Crippen LogP contribution is 2.21. The summed E-state index contributed by atoms with van der Waals surface area (Å²) in [6.45, 7) is 5.32. The van der Waals surface area contributed by atoms with Crippen LogP contribution in [0.4, 0.5) is 0 Å². The molecule has 0 spiro atoms. The van der Waals surface area contributed by atoms with Gasteiger partial charge in [0.2, 0.25) is 0 Å². The number of allylic oxidation sites excluding steroid dienone is 3. The Labute approximate surface area is 83.2 Å². The lowest BCUT2D eigenvalue weighted by Gasteiger charge is -2.09. The van der Waals surface area contributed by atoms with E-state index in [2.05, 4.69) is 32.0 Å². The molecule has 1 heteroatoms. The Bertz CT molecular complexity index is 191. The molecule has 0 amide bonds. The van der Waals surface area contributed by atoms with Crippen LogP contribution in [0.25, 0.3) is 0 Å². The summed E-state index contributed by atoms with van der Waals surface area (Å²) in [6.07, 6.45) is 12.6.